The van der Waals surface area contributed by atoms with Crippen LogP contribution < -0.4 is 10.1 Å². The number of nitrogens with zero attached hydrogens (tertiary/aromatic N) is 4. The molecule has 1 fully saturated rings. The van der Waals surface area contributed by atoms with Gasteiger partial charge >= 0.3 is 0 Å². The third-order valence-electron chi connectivity index (χ3n) is 4.38. The van der Waals surface area contributed by atoms with Gasteiger partial charge in [-0.05, 0) is 39.2 Å². The summed E-state index contributed by atoms with van der Waals surface area (Å²) in [4.78, 5) is 12.2. The van der Waals surface area contributed by atoms with Gasteiger partial charge in [0.2, 0.25) is 11.8 Å². The SMILES string of the molecule is COc1ccc2nnc(CCCC(=O)NC3CCOC(C)(C)C3)n2n1. The molecule has 1 amide bonds. The largest absolute Gasteiger partial charge is 0.480 e. The Morgan fingerprint density at radius 1 is 1.44 bits per heavy atom. The van der Waals surface area contributed by atoms with E-state index < -0.39 is 0 Å². The molecule has 2 aromatic rings. The second-order valence-electron chi connectivity index (χ2n) is 6.98. The first-order chi connectivity index (χ1) is 12.0. The Morgan fingerprint density at radius 3 is 3.04 bits per heavy atom. The molecular weight excluding hydrogens is 322 g/mol. The minimum atomic E-state index is -0.165. The molecule has 0 saturated carbocycles. The van der Waals surface area contributed by atoms with Gasteiger partial charge in [-0.15, -0.1) is 15.3 Å². The summed E-state index contributed by atoms with van der Waals surface area (Å²) < 4.78 is 12.5. The summed E-state index contributed by atoms with van der Waals surface area (Å²) in [6.45, 7) is 4.81. The summed E-state index contributed by atoms with van der Waals surface area (Å²) in [5.41, 5.74) is 0.506. The highest BCUT2D eigenvalue weighted by molar-refractivity contribution is 5.76. The molecule has 136 valence electrons. The highest BCUT2D eigenvalue weighted by Gasteiger charge is 2.29. The van der Waals surface area contributed by atoms with Crippen molar-refractivity contribution < 1.29 is 14.3 Å². The number of carbonyl (C=O) groups is 1. The molecule has 3 rings (SSSR count). The minimum Gasteiger partial charge on any atom is -0.480 e. The van der Waals surface area contributed by atoms with Crippen LogP contribution in [0.1, 0.15) is 45.4 Å². The first kappa shape index (κ1) is 17.6. The van der Waals surface area contributed by atoms with Crippen LogP contribution >= 0.6 is 0 Å². The van der Waals surface area contributed by atoms with Gasteiger partial charge in [0, 0.05) is 31.6 Å². The van der Waals surface area contributed by atoms with E-state index in [1.165, 1.54) is 0 Å². The van der Waals surface area contributed by atoms with E-state index in [0.717, 1.165) is 18.7 Å². The van der Waals surface area contributed by atoms with Crippen LogP contribution in [0.25, 0.3) is 5.65 Å². The number of hydrogen-bond acceptors (Lipinski definition) is 6. The standard InChI is InChI=1S/C17H25N5O3/c1-17(2)11-12(9-10-25-17)18-15(23)6-4-5-13-19-20-14-7-8-16(24-3)21-22(13)14/h7-8,12H,4-6,9-11H2,1-3H3,(H,18,23). The lowest BCUT2D eigenvalue weighted by atomic mass is 9.94. The van der Waals surface area contributed by atoms with Crippen LogP contribution in [0.3, 0.4) is 0 Å². The molecule has 0 aromatic carbocycles. The summed E-state index contributed by atoms with van der Waals surface area (Å²) in [5, 5.41) is 15.7. The zero-order valence-electron chi connectivity index (χ0n) is 15.0. The second kappa shape index (κ2) is 7.35. The van der Waals surface area contributed by atoms with E-state index in [-0.39, 0.29) is 17.6 Å². The fraction of sp³-hybridized carbons (Fsp3) is 0.647. The van der Waals surface area contributed by atoms with Gasteiger partial charge in [0.05, 0.1) is 12.7 Å². The highest BCUT2D eigenvalue weighted by Crippen LogP contribution is 2.24. The maximum Gasteiger partial charge on any atom is 0.231 e. The quantitative estimate of drug-likeness (QED) is 0.852. The molecule has 1 N–H and O–H groups in total. The Hall–Kier alpha value is -2.22. The molecule has 3 heterocycles. The fourth-order valence-electron chi connectivity index (χ4n) is 3.14. The second-order valence-corrected chi connectivity index (χ2v) is 6.98. The summed E-state index contributed by atoms with van der Waals surface area (Å²) in [7, 11) is 1.57. The number of rotatable bonds is 6. The van der Waals surface area contributed by atoms with Crippen LogP contribution in [0.15, 0.2) is 12.1 Å². The molecule has 1 unspecified atom stereocenters. The van der Waals surface area contributed by atoms with Crippen LogP contribution in [-0.4, -0.2) is 51.1 Å². The summed E-state index contributed by atoms with van der Waals surface area (Å²) in [6.07, 6.45) is 3.49. The van der Waals surface area contributed by atoms with Gasteiger partial charge in [-0.25, -0.2) is 0 Å². The van der Waals surface area contributed by atoms with Crippen LogP contribution in [0.5, 0.6) is 5.88 Å². The molecule has 2 aromatic heterocycles. The van der Waals surface area contributed by atoms with Gasteiger partial charge in [-0.1, -0.05) is 0 Å². The number of methoxy groups -OCH3 is 1. The Labute approximate surface area is 146 Å². The number of fused-ring (bicyclic) bond motifs is 1. The van der Waals surface area contributed by atoms with E-state index in [2.05, 4.69) is 34.5 Å². The van der Waals surface area contributed by atoms with E-state index in [9.17, 15) is 4.79 Å². The topological polar surface area (TPSA) is 90.6 Å². The number of aryl methyl sites for hydroxylation is 1. The zero-order chi connectivity index (χ0) is 17.9. The predicted octanol–water partition coefficient (Wildman–Crippen LogP) is 1.53. The molecule has 8 heteroatoms. The highest BCUT2D eigenvalue weighted by atomic mass is 16.5. The summed E-state index contributed by atoms with van der Waals surface area (Å²) in [6, 6.07) is 3.74. The maximum absolute atomic E-state index is 12.2. The molecule has 0 radical (unpaired) electrons. The molecule has 0 aliphatic carbocycles. The number of carbonyl (C=O) groups excluding carboxylic acids is 1. The number of amides is 1. The Kier molecular flexibility index (Phi) is 5.17. The lowest BCUT2D eigenvalue weighted by Gasteiger charge is -2.35. The lowest BCUT2D eigenvalue weighted by molar-refractivity contribution is -0.124. The average Bonchev–Trinajstić information content (AvgIpc) is 2.96. The third kappa shape index (κ3) is 4.45. The van der Waals surface area contributed by atoms with E-state index in [1.807, 2.05) is 6.07 Å². The summed E-state index contributed by atoms with van der Waals surface area (Å²) in [5.74, 6) is 1.31. The molecule has 1 atom stereocenters. The Morgan fingerprint density at radius 2 is 2.28 bits per heavy atom. The van der Waals surface area contributed by atoms with E-state index in [4.69, 9.17) is 9.47 Å². The van der Waals surface area contributed by atoms with Gasteiger partial charge in [0.25, 0.3) is 0 Å². The molecule has 25 heavy (non-hydrogen) atoms. The maximum atomic E-state index is 12.2. The normalized spacial score (nSPS) is 19.7. The van der Waals surface area contributed by atoms with Crippen molar-refractivity contribution in [2.24, 2.45) is 0 Å². The summed E-state index contributed by atoms with van der Waals surface area (Å²) >= 11 is 0. The molecule has 0 bridgehead atoms. The number of ether oxygens (including phenoxy) is 2. The van der Waals surface area contributed by atoms with Crippen molar-refractivity contribution in [1.82, 2.24) is 25.1 Å². The van der Waals surface area contributed by atoms with Crippen molar-refractivity contribution in [3.05, 3.63) is 18.0 Å². The van der Waals surface area contributed by atoms with Gasteiger partial charge in [-0.2, -0.15) is 4.52 Å². The van der Waals surface area contributed by atoms with Gasteiger partial charge in [-0.3, -0.25) is 4.79 Å². The average molecular weight is 347 g/mol. The van der Waals surface area contributed by atoms with E-state index >= 15 is 0 Å². The van der Waals surface area contributed by atoms with E-state index in [1.54, 1.807) is 17.7 Å². The van der Waals surface area contributed by atoms with Crippen molar-refractivity contribution >= 4 is 11.6 Å². The molecule has 1 saturated heterocycles. The first-order valence-electron chi connectivity index (χ1n) is 8.65. The van der Waals surface area contributed by atoms with Crippen LogP contribution in [0, 0.1) is 0 Å². The predicted molar refractivity (Wildman–Crippen MR) is 91.5 cm³/mol. The lowest BCUT2D eigenvalue weighted by Crippen LogP contribution is -2.45. The number of aromatic nitrogens is 4. The Balaban J connectivity index is 1.50. The molecule has 0 spiro atoms. The van der Waals surface area contributed by atoms with Crippen molar-refractivity contribution in [1.29, 1.82) is 0 Å². The monoisotopic (exact) mass is 347 g/mol. The molecule has 8 nitrogen and oxygen atoms in total. The molecular formula is C17H25N5O3. The third-order valence-corrected chi connectivity index (χ3v) is 4.38. The van der Waals surface area contributed by atoms with Crippen molar-refractivity contribution in [2.75, 3.05) is 13.7 Å². The van der Waals surface area contributed by atoms with Crippen molar-refractivity contribution in [3.63, 3.8) is 0 Å². The molecule has 1 aliphatic heterocycles. The van der Waals surface area contributed by atoms with Gasteiger partial charge < -0.3 is 14.8 Å². The van der Waals surface area contributed by atoms with Crippen LogP contribution in [-0.2, 0) is 16.0 Å². The Bertz CT molecular complexity index is 743. The number of nitrogens with one attached hydrogen (secondary N) is 1. The fourth-order valence-corrected chi connectivity index (χ4v) is 3.14. The van der Waals surface area contributed by atoms with Crippen molar-refractivity contribution in [3.8, 4) is 5.88 Å². The van der Waals surface area contributed by atoms with E-state index in [0.29, 0.717) is 37.4 Å². The number of hydrogen-bond donors (Lipinski definition) is 1. The van der Waals surface area contributed by atoms with Gasteiger partial charge in [0.15, 0.2) is 11.5 Å². The zero-order valence-corrected chi connectivity index (χ0v) is 15.0. The smallest absolute Gasteiger partial charge is 0.231 e. The van der Waals surface area contributed by atoms with Gasteiger partial charge in [0.1, 0.15) is 0 Å². The van der Waals surface area contributed by atoms with Crippen LogP contribution in [0.2, 0.25) is 0 Å². The molecule has 1 aliphatic rings. The van der Waals surface area contributed by atoms with Crippen LogP contribution in [0.4, 0.5) is 0 Å². The first-order valence-corrected chi connectivity index (χ1v) is 8.65. The minimum absolute atomic E-state index is 0.0714. The van der Waals surface area contributed by atoms with Crippen molar-refractivity contribution in [2.45, 2.75) is 57.6 Å².